The van der Waals surface area contributed by atoms with E-state index in [1.54, 1.807) is 0 Å². The minimum Gasteiger partial charge on any atom is -0.491 e. The van der Waals surface area contributed by atoms with Crippen LogP contribution in [0.1, 0.15) is 10.4 Å². The van der Waals surface area contributed by atoms with E-state index in [9.17, 15) is 9.59 Å². The van der Waals surface area contributed by atoms with Gasteiger partial charge in [0, 0.05) is 7.05 Å². The monoisotopic (exact) mass is 255 g/mol. The highest BCUT2D eigenvalue weighted by Gasteiger charge is 2.38. The number of hydrogen-bond acceptors (Lipinski definition) is 4. The molecule has 0 radical (unpaired) electrons. The Bertz CT molecular complexity index is 527. The molecule has 6 heteroatoms. The van der Waals surface area contributed by atoms with Crippen molar-refractivity contribution >= 4 is 29.0 Å². The van der Waals surface area contributed by atoms with Crippen LogP contribution in [-0.4, -0.2) is 33.0 Å². The molecule has 1 aromatic carbocycles. The third kappa shape index (κ3) is 1.46. The van der Waals surface area contributed by atoms with E-state index in [1.165, 1.54) is 32.2 Å². The van der Waals surface area contributed by atoms with Crippen molar-refractivity contribution in [3.63, 3.8) is 0 Å². The minimum absolute atomic E-state index is 0.236. The summed E-state index contributed by atoms with van der Waals surface area (Å²) < 4.78 is 10.3. The number of carbonyl (C=O) groups excluding carboxylic acids is 2. The van der Waals surface area contributed by atoms with Crippen LogP contribution in [-0.2, 0) is 4.79 Å². The molecule has 1 aliphatic heterocycles. The molecule has 0 aliphatic carbocycles. The molecule has 0 unspecified atom stereocenters. The summed E-state index contributed by atoms with van der Waals surface area (Å²) in [5, 5.41) is 0.236. The van der Waals surface area contributed by atoms with E-state index >= 15 is 0 Å². The summed E-state index contributed by atoms with van der Waals surface area (Å²) in [5.74, 6) is -0.605. The van der Waals surface area contributed by atoms with Gasteiger partial charge in [0.05, 0.1) is 24.8 Å². The fourth-order valence-corrected chi connectivity index (χ4v) is 2.13. The number of methoxy groups -OCH3 is 2. The van der Waals surface area contributed by atoms with Crippen LogP contribution in [0.3, 0.4) is 0 Å². The molecular weight excluding hydrogens is 246 g/mol. The van der Waals surface area contributed by atoms with Crippen molar-refractivity contribution in [3.8, 4) is 11.5 Å². The Morgan fingerprint density at radius 2 is 1.76 bits per heavy atom. The Morgan fingerprint density at radius 1 is 1.18 bits per heavy atom. The average molecular weight is 256 g/mol. The summed E-state index contributed by atoms with van der Waals surface area (Å²) in [7, 11) is 4.37. The van der Waals surface area contributed by atoms with Gasteiger partial charge in [-0.2, -0.15) is 0 Å². The molecular formula is C11H10ClNO4. The lowest BCUT2D eigenvalue weighted by atomic mass is 10.1. The lowest BCUT2D eigenvalue weighted by Crippen LogP contribution is -2.25. The Kier molecular flexibility index (Phi) is 2.71. The molecule has 1 amide bonds. The van der Waals surface area contributed by atoms with Crippen molar-refractivity contribution < 1.29 is 19.1 Å². The van der Waals surface area contributed by atoms with E-state index in [0.717, 1.165) is 0 Å². The number of hydrogen-bond donors (Lipinski definition) is 0. The fourth-order valence-electron chi connectivity index (χ4n) is 1.85. The minimum atomic E-state index is -0.609. The van der Waals surface area contributed by atoms with Crippen LogP contribution >= 0.6 is 11.6 Å². The summed E-state index contributed by atoms with van der Waals surface area (Å²) in [4.78, 5) is 24.5. The third-order valence-corrected chi connectivity index (χ3v) is 2.93. The summed E-state index contributed by atoms with van der Waals surface area (Å²) in [5.41, 5.74) is 0.629. The van der Waals surface area contributed by atoms with Crippen molar-refractivity contribution in [2.24, 2.45) is 0 Å². The summed E-state index contributed by atoms with van der Waals surface area (Å²) in [6.07, 6.45) is 0. The number of fused-ring (bicyclic) bond motifs is 1. The topological polar surface area (TPSA) is 55.8 Å². The maximum atomic E-state index is 11.7. The molecule has 17 heavy (non-hydrogen) atoms. The molecule has 0 aromatic heterocycles. The molecule has 1 aliphatic rings. The van der Waals surface area contributed by atoms with E-state index in [1.807, 2.05) is 0 Å². The standard InChI is InChI=1S/C11H10ClNO4/c1-13-7-5(8(14)11(13)15)4-6(12)9(16-2)10(7)17-3/h4H,1-3H3. The number of halogens is 1. The maximum Gasteiger partial charge on any atom is 0.299 e. The summed E-state index contributed by atoms with van der Waals surface area (Å²) >= 11 is 5.97. The lowest BCUT2D eigenvalue weighted by Gasteiger charge is -2.16. The highest BCUT2D eigenvalue weighted by Crippen LogP contribution is 2.47. The Labute approximate surface area is 103 Å². The molecule has 2 rings (SSSR count). The number of nitrogens with zero attached hydrogens (tertiary/aromatic N) is 1. The molecule has 0 saturated carbocycles. The zero-order valence-electron chi connectivity index (χ0n) is 9.54. The van der Waals surface area contributed by atoms with Crippen LogP contribution in [0, 0.1) is 0 Å². The second-order valence-electron chi connectivity index (χ2n) is 3.51. The van der Waals surface area contributed by atoms with E-state index in [-0.39, 0.29) is 16.3 Å². The number of rotatable bonds is 2. The van der Waals surface area contributed by atoms with Gasteiger partial charge in [0.25, 0.3) is 11.7 Å². The summed E-state index contributed by atoms with van der Waals surface area (Å²) in [6.45, 7) is 0. The largest absolute Gasteiger partial charge is 0.491 e. The van der Waals surface area contributed by atoms with Gasteiger partial charge in [-0.15, -0.1) is 0 Å². The van der Waals surface area contributed by atoms with Gasteiger partial charge in [-0.25, -0.2) is 0 Å². The molecule has 0 saturated heterocycles. The third-order valence-electron chi connectivity index (χ3n) is 2.65. The first-order valence-corrected chi connectivity index (χ1v) is 5.17. The van der Waals surface area contributed by atoms with Gasteiger partial charge < -0.3 is 14.4 Å². The number of ketones is 1. The van der Waals surface area contributed by atoms with Crippen LogP contribution in [0.5, 0.6) is 11.5 Å². The van der Waals surface area contributed by atoms with Crippen LogP contribution < -0.4 is 14.4 Å². The zero-order chi connectivity index (χ0) is 12.7. The van der Waals surface area contributed by atoms with Gasteiger partial charge >= 0.3 is 0 Å². The first-order valence-electron chi connectivity index (χ1n) is 4.79. The van der Waals surface area contributed by atoms with Crippen LogP contribution in [0.4, 0.5) is 5.69 Å². The van der Waals surface area contributed by atoms with E-state index in [4.69, 9.17) is 21.1 Å². The highest BCUT2D eigenvalue weighted by molar-refractivity contribution is 6.53. The molecule has 5 nitrogen and oxygen atoms in total. The SMILES string of the molecule is COc1c(Cl)cc2c(c1OC)N(C)C(=O)C2=O. The van der Waals surface area contributed by atoms with Crippen LogP contribution in [0.25, 0.3) is 0 Å². The number of carbonyl (C=O) groups is 2. The van der Waals surface area contributed by atoms with Crippen molar-refractivity contribution in [1.29, 1.82) is 0 Å². The molecule has 0 atom stereocenters. The first kappa shape index (κ1) is 11.7. The Morgan fingerprint density at radius 3 is 2.29 bits per heavy atom. The number of benzene rings is 1. The number of amides is 1. The van der Waals surface area contributed by atoms with Gasteiger partial charge in [0.1, 0.15) is 5.69 Å². The fraction of sp³-hybridized carbons (Fsp3) is 0.273. The highest BCUT2D eigenvalue weighted by atomic mass is 35.5. The molecule has 0 N–H and O–H groups in total. The molecule has 0 spiro atoms. The van der Waals surface area contributed by atoms with E-state index in [2.05, 4.69) is 0 Å². The van der Waals surface area contributed by atoms with Crippen molar-refractivity contribution in [2.75, 3.05) is 26.2 Å². The van der Waals surface area contributed by atoms with Crippen molar-refractivity contribution in [1.82, 2.24) is 0 Å². The maximum absolute atomic E-state index is 11.7. The molecule has 1 aromatic rings. The van der Waals surface area contributed by atoms with Gasteiger partial charge in [-0.05, 0) is 6.07 Å². The molecule has 1 heterocycles. The van der Waals surface area contributed by atoms with Crippen LogP contribution in [0.2, 0.25) is 5.02 Å². The number of likely N-dealkylation sites (N-methyl/N-ethyl adjacent to an activating group) is 1. The quantitative estimate of drug-likeness (QED) is 0.752. The molecule has 90 valence electrons. The van der Waals surface area contributed by atoms with Crippen molar-refractivity contribution in [2.45, 2.75) is 0 Å². The zero-order valence-corrected chi connectivity index (χ0v) is 10.3. The normalized spacial score (nSPS) is 14.0. The van der Waals surface area contributed by atoms with Gasteiger partial charge in [-0.1, -0.05) is 11.6 Å². The van der Waals surface area contributed by atoms with Gasteiger partial charge in [0.2, 0.25) is 0 Å². The van der Waals surface area contributed by atoms with Gasteiger partial charge in [-0.3, -0.25) is 9.59 Å². The number of ether oxygens (including phenoxy) is 2. The van der Waals surface area contributed by atoms with Crippen molar-refractivity contribution in [3.05, 3.63) is 16.7 Å². The Hall–Kier alpha value is -1.75. The number of anilines is 1. The second-order valence-corrected chi connectivity index (χ2v) is 3.92. The predicted molar refractivity (Wildman–Crippen MR) is 62.3 cm³/mol. The predicted octanol–water partition coefficient (Wildman–Crippen LogP) is 1.52. The second kappa shape index (κ2) is 3.92. The molecule has 0 bridgehead atoms. The van der Waals surface area contributed by atoms with Crippen LogP contribution in [0.15, 0.2) is 6.07 Å². The lowest BCUT2D eigenvalue weighted by molar-refractivity contribution is -0.114. The summed E-state index contributed by atoms with van der Waals surface area (Å²) in [6, 6.07) is 1.42. The molecule has 0 fully saturated rings. The Balaban J connectivity index is 2.79. The van der Waals surface area contributed by atoms with Gasteiger partial charge in [0.15, 0.2) is 11.5 Å². The first-order chi connectivity index (χ1) is 8.02. The van der Waals surface area contributed by atoms with E-state index < -0.39 is 11.7 Å². The number of Topliss-reactive ketones (excluding diaryl/α,β-unsaturated/α-hetero) is 1. The average Bonchev–Trinajstić information content (AvgIpc) is 2.53. The smallest absolute Gasteiger partial charge is 0.299 e. The van der Waals surface area contributed by atoms with E-state index in [0.29, 0.717) is 11.4 Å².